The fourth-order valence-electron chi connectivity index (χ4n) is 11.6. The summed E-state index contributed by atoms with van der Waals surface area (Å²) >= 11 is 0. The number of carbonyl (C=O) groups is 3. The van der Waals surface area contributed by atoms with Crippen molar-refractivity contribution in [2.75, 3.05) is 138 Å². The summed E-state index contributed by atoms with van der Waals surface area (Å²) < 4.78 is 66.8. The first kappa shape index (κ1) is 62.5. The highest BCUT2D eigenvalue weighted by Gasteiger charge is 2.41. The van der Waals surface area contributed by atoms with Gasteiger partial charge in [-0.3, -0.25) is 18.6 Å². The van der Waals surface area contributed by atoms with Crippen LogP contribution >= 0.6 is 21.6 Å². The summed E-state index contributed by atoms with van der Waals surface area (Å²) in [6.07, 6.45) is 1.66. The molecule has 84 heavy (non-hydrogen) atoms. The molecule has 18 nitrogen and oxygen atoms in total. The minimum atomic E-state index is -4.10. The zero-order valence-corrected chi connectivity index (χ0v) is 52.2. The quantitative estimate of drug-likeness (QED) is 0.0262. The molecule has 5 aromatic rings. The summed E-state index contributed by atoms with van der Waals surface area (Å²) in [5, 5.41) is 1.67. The zero-order chi connectivity index (χ0) is 59.7. The van der Waals surface area contributed by atoms with Gasteiger partial charge in [-0.15, -0.1) is 0 Å². The molecule has 0 aromatic heterocycles. The highest BCUT2D eigenvalue weighted by molar-refractivity contribution is 8.77. The van der Waals surface area contributed by atoms with Gasteiger partial charge in [0.15, 0.2) is 17.3 Å². The van der Waals surface area contributed by atoms with Crippen LogP contribution in [0.15, 0.2) is 91.0 Å². The molecular weight excluding hydrogens is 1130 g/mol. The van der Waals surface area contributed by atoms with Gasteiger partial charge >= 0.3 is 0 Å². The Balaban J connectivity index is 1.01. The molecule has 452 valence electrons. The van der Waals surface area contributed by atoms with E-state index in [9.17, 15) is 22.8 Å². The number of nitrogens with one attached hydrogen (secondary N) is 1. The van der Waals surface area contributed by atoms with Gasteiger partial charge in [-0.25, -0.2) is 0 Å². The van der Waals surface area contributed by atoms with Crippen LogP contribution in [0.2, 0.25) is 0 Å². The summed E-state index contributed by atoms with van der Waals surface area (Å²) in [4.78, 5) is 52.4. The van der Waals surface area contributed by atoms with Crippen LogP contribution in [0.5, 0.6) is 17.2 Å². The molecular formula is C63H80N6O12S3. The topological polar surface area (TPSA) is 178 Å². The molecule has 4 heterocycles. The van der Waals surface area contributed by atoms with Gasteiger partial charge in [0.2, 0.25) is 0 Å². The highest BCUT2D eigenvalue weighted by Crippen LogP contribution is 2.44. The number of para-hydroxylation sites is 2. The lowest BCUT2D eigenvalue weighted by molar-refractivity contribution is -0.118. The molecule has 0 saturated heterocycles. The van der Waals surface area contributed by atoms with Gasteiger partial charge in [-0.1, -0.05) is 64.9 Å². The molecule has 2 amide bonds. The second-order valence-electron chi connectivity index (χ2n) is 22.3. The Morgan fingerprint density at radius 1 is 0.726 bits per heavy atom. The third-order valence-corrected chi connectivity index (χ3v) is 20.7. The van der Waals surface area contributed by atoms with Crippen molar-refractivity contribution < 1.29 is 55.4 Å². The number of anilines is 5. The number of amides is 2. The zero-order valence-electron chi connectivity index (χ0n) is 49.8. The number of ether oxygens (including phenoxy) is 6. The third kappa shape index (κ3) is 14.4. The maximum atomic E-state index is 14.5. The van der Waals surface area contributed by atoms with Gasteiger partial charge in [0.25, 0.3) is 21.9 Å². The Morgan fingerprint density at radius 2 is 1.29 bits per heavy atom. The van der Waals surface area contributed by atoms with Crippen molar-refractivity contribution in [1.29, 1.82) is 0 Å². The van der Waals surface area contributed by atoms with E-state index >= 15 is 0 Å². The van der Waals surface area contributed by atoms with E-state index in [-0.39, 0.29) is 50.1 Å². The van der Waals surface area contributed by atoms with Crippen LogP contribution in [0.4, 0.5) is 28.4 Å². The number of likely N-dealkylation sites (N-methyl/N-ethyl adjacent to an activating group) is 3. The lowest BCUT2D eigenvalue weighted by atomic mass is 10.1. The van der Waals surface area contributed by atoms with Crippen molar-refractivity contribution in [2.45, 2.75) is 82.3 Å². The number of carbonyl (C=O) groups excluding carboxylic acids is 3. The number of Topliss-reactive ketones (excluding diaryl/α,β-unsaturated/α-hetero) is 1. The number of rotatable bonds is 30. The second-order valence-corrected chi connectivity index (χ2v) is 27.3. The van der Waals surface area contributed by atoms with Gasteiger partial charge in [0.1, 0.15) is 24.2 Å². The summed E-state index contributed by atoms with van der Waals surface area (Å²) in [7, 11) is 7.39. The molecule has 0 radical (unpaired) electrons. The van der Waals surface area contributed by atoms with Crippen molar-refractivity contribution in [1.82, 2.24) is 5.32 Å². The number of aryl methyl sites for hydroxylation is 1. The molecule has 0 spiro atoms. The van der Waals surface area contributed by atoms with E-state index < -0.39 is 25.9 Å². The molecule has 5 aromatic carbocycles. The third-order valence-electron chi connectivity index (χ3n) is 15.7. The van der Waals surface area contributed by atoms with Crippen LogP contribution < -0.4 is 44.0 Å². The lowest BCUT2D eigenvalue weighted by Gasteiger charge is -2.34. The van der Waals surface area contributed by atoms with Gasteiger partial charge in [0.05, 0.1) is 88.4 Å². The number of ketones is 1. The standard InChI is InChI=1S/C63H80N6O12S3/c1-10-64-36-56(70)60(84(73,74)77-9)19-26-82-83-63(3,4)41-67(20-21-78-24-25-79-23-22-75-7)47-29-43(39-80-57-34-54-50(27-42(57)2)61(71)68-48(37-65(54)5)31-45-15-11-13-17-52(45)68)28-44(30-47)40-81-59-35-55-51(33-58(59)76-8)62(72)69-49(38-66(55)6)32-46-16-12-14-18-53(46)69/h11-18,27-30,33-35,48-49,60,64H,10,19-26,31-32,36-41H2,1-9H3/t48-,49-,60?/m0/s1. The fourth-order valence-corrected chi connectivity index (χ4v) is 15.4. The van der Waals surface area contributed by atoms with Gasteiger partial charge in [0, 0.05) is 87.1 Å². The van der Waals surface area contributed by atoms with Crippen LogP contribution in [0.1, 0.15) is 75.7 Å². The first-order valence-corrected chi connectivity index (χ1v) is 32.5. The fraction of sp³-hybridized carbons (Fsp3) is 0.476. The van der Waals surface area contributed by atoms with Crippen molar-refractivity contribution in [3.63, 3.8) is 0 Å². The summed E-state index contributed by atoms with van der Waals surface area (Å²) in [6.45, 7) is 13.4. The van der Waals surface area contributed by atoms with Crippen LogP contribution in [-0.2, 0) is 59.4 Å². The van der Waals surface area contributed by atoms with Crippen LogP contribution in [-0.4, -0.2) is 162 Å². The predicted octanol–water partition coefficient (Wildman–Crippen LogP) is 8.76. The number of benzene rings is 5. The maximum absolute atomic E-state index is 14.5. The number of nitrogens with zero attached hydrogens (tertiary/aromatic N) is 5. The van der Waals surface area contributed by atoms with E-state index in [0.717, 1.165) is 70.6 Å². The number of fused-ring (bicyclic) bond motifs is 8. The molecule has 21 heteroatoms. The van der Waals surface area contributed by atoms with E-state index in [0.29, 0.717) is 99.9 Å². The van der Waals surface area contributed by atoms with E-state index in [2.05, 4.69) is 64.2 Å². The smallest absolute Gasteiger partial charge is 0.277 e. The van der Waals surface area contributed by atoms with Crippen molar-refractivity contribution in [3.05, 3.63) is 130 Å². The Labute approximate surface area is 503 Å². The summed E-state index contributed by atoms with van der Waals surface area (Å²) in [5.74, 6) is 1.44. The lowest BCUT2D eigenvalue weighted by Crippen LogP contribution is -2.41. The molecule has 0 saturated carbocycles. The minimum absolute atomic E-state index is 0.00535. The SMILES string of the molecule is CCNCC(=O)C(CCSSC(C)(C)CN(CCOCCOCCOC)c1cc(COc2cc3c(cc2C)C(=O)N2c4ccccc4C[C@H]2CN3C)cc(COc2cc3c(cc2OC)C(=O)N2c4ccccc4C[C@H]2CN3C)c1)S(=O)(=O)OC. The minimum Gasteiger partial charge on any atom is -0.493 e. The maximum Gasteiger partial charge on any atom is 0.277 e. The normalized spacial score (nSPS) is 16.7. The van der Waals surface area contributed by atoms with Gasteiger partial charge in [-0.05, 0) is 117 Å². The molecule has 4 aliphatic rings. The average Bonchev–Trinajstić information content (AvgIpc) is 2.63. The first-order chi connectivity index (χ1) is 40.4. The molecule has 9 rings (SSSR count). The van der Waals surface area contributed by atoms with Crippen molar-refractivity contribution in [3.8, 4) is 17.2 Å². The molecule has 0 fully saturated rings. The Bertz CT molecular complexity index is 3270. The first-order valence-electron chi connectivity index (χ1n) is 28.7. The Kier molecular flexibility index (Phi) is 20.8. The van der Waals surface area contributed by atoms with Crippen molar-refractivity contribution >= 4 is 77.7 Å². The monoisotopic (exact) mass is 1210 g/mol. The summed E-state index contributed by atoms with van der Waals surface area (Å²) in [6, 6.07) is 30.2. The van der Waals surface area contributed by atoms with Crippen LogP contribution in [0, 0.1) is 6.92 Å². The van der Waals surface area contributed by atoms with E-state index in [1.165, 1.54) is 16.4 Å². The van der Waals surface area contributed by atoms with E-state index in [4.69, 9.17) is 32.6 Å². The second kappa shape index (κ2) is 28.0. The van der Waals surface area contributed by atoms with E-state index in [1.54, 1.807) is 31.1 Å². The van der Waals surface area contributed by atoms with Gasteiger partial charge < -0.3 is 58.2 Å². The Morgan fingerprint density at radius 3 is 1.87 bits per heavy atom. The number of hydrogen-bond acceptors (Lipinski definition) is 18. The average molecular weight is 1210 g/mol. The van der Waals surface area contributed by atoms with Crippen molar-refractivity contribution in [2.24, 2.45) is 0 Å². The molecule has 0 bridgehead atoms. The molecule has 4 aliphatic heterocycles. The number of hydrogen-bond donors (Lipinski definition) is 1. The molecule has 3 atom stereocenters. The number of methoxy groups -OCH3 is 2. The predicted molar refractivity (Wildman–Crippen MR) is 335 cm³/mol. The van der Waals surface area contributed by atoms with E-state index in [1.807, 2.05) is 92.3 Å². The summed E-state index contributed by atoms with van der Waals surface area (Å²) in [5.41, 5.74) is 10.4. The highest BCUT2D eigenvalue weighted by atomic mass is 33.1. The van der Waals surface area contributed by atoms with Gasteiger partial charge in [-0.2, -0.15) is 8.42 Å². The van der Waals surface area contributed by atoms with Crippen LogP contribution in [0.25, 0.3) is 0 Å². The van der Waals surface area contributed by atoms with Crippen LogP contribution in [0.3, 0.4) is 0 Å². The molecule has 0 aliphatic carbocycles. The molecule has 1 N–H and O–H groups in total. The Hall–Kier alpha value is -6.04. The largest absolute Gasteiger partial charge is 0.493 e. The molecule has 1 unspecified atom stereocenters.